The van der Waals surface area contributed by atoms with Gasteiger partial charge >= 0.3 is 101 Å². The van der Waals surface area contributed by atoms with Crippen LogP contribution in [0.2, 0.25) is 4.73 Å². The molecular formula is C13H24Cl2NTi. The molecule has 1 aliphatic rings. The maximum Gasteiger partial charge on any atom is -1.00 e. The van der Waals surface area contributed by atoms with Crippen molar-refractivity contribution >= 4 is 0 Å². The van der Waals surface area contributed by atoms with Crippen LogP contribution in [0.15, 0.2) is 20.6 Å². The van der Waals surface area contributed by atoms with Gasteiger partial charge < -0.3 is 24.8 Å². The Bertz CT molecular complexity index is 321. The smallest absolute Gasteiger partial charge is 1.00 e. The summed E-state index contributed by atoms with van der Waals surface area (Å²) in [6.45, 7) is 11.7. The minimum atomic E-state index is -1.15. The molecule has 1 nitrogen and oxygen atoms in total. The van der Waals surface area contributed by atoms with Crippen LogP contribution in [0, 0.1) is 5.92 Å². The van der Waals surface area contributed by atoms with Crippen molar-refractivity contribution in [2.75, 3.05) is 14.1 Å². The van der Waals surface area contributed by atoms with Gasteiger partial charge in [0.15, 0.2) is 0 Å². The van der Waals surface area contributed by atoms with Gasteiger partial charge in [-0.3, -0.25) is 0 Å². The number of hydrogen-bond donors (Lipinski definition) is 0. The topological polar surface area (TPSA) is 3.24 Å². The summed E-state index contributed by atoms with van der Waals surface area (Å²) in [7, 11) is 4.52. The van der Waals surface area contributed by atoms with Crippen LogP contribution in [-0.2, 0) is 18.1 Å². The van der Waals surface area contributed by atoms with E-state index < -0.39 is 18.1 Å². The van der Waals surface area contributed by atoms with E-state index in [1.807, 2.05) is 0 Å². The van der Waals surface area contributed by atoms with Crippen LogP contribution < -0.4 is 24.8 Å². The van der Waals surface area contributed by atoms with Gasteiger partial charge in [-0.2, -0.15) is 0 Å². The zero-order chi connectivity index (χ0) is 11.7. The summed E-state index contributed by atoms with van der Waals surface area (Å²) >= 11 is -1.15. The average Bonchev–Trinajstić information content (AvgIpc) is 2.36. The van der Waals surface area contributed by atoms with Gasteiger partial charge in [0.05, 0.1) is 0 Å². The summed E-state index contributed by atoms with van der Waals surface area (Å²) < 4.78 is 5.68. The SMILES string of the molecule is C[CH2][Ti+2]([C]1=C(C)C(C)=C(C)C1C)[N](C)C.[Cl-].[Cl-]. The molecule has 17 heavy (non-hydrogen) atoms. The fourth-order valence-electron chi connectivity index (χ4n) is 2.58. The number of nitrogens with zero attached hydrogens (tertiary/aromatic N) is 1. The molecule has 0 amide bonds. The van der Waals surface area contributed by atoms with E-state index in [4.69, 9.17) is 0 Å². The van der Waals surface area contributed by atoms with Crippen LogP contribution in [0.4, 0.5) is 0 Å². The molecule has 0 heterocycles. The van der Waals surface area contributed by atoms with Crippen LogP contribution in [0.3, 0.4) is 0 Å². The molecular weight excluding hydrogens is 289 g/mol. The van der Waals surface area contributed by atoms with Crippen molar-refractivity contribution in [3.05, 3.63) is 20.6 Å². The quantitative estimate of drug-likeness (QED) is 0.534. The van der Waals surface area contributed by atoms with E-state index in [1.165, 1.54) is 4.73 Å². The van der Waals surface area contributed by atoms with Gasteiger partial charge in [-0.1, -0.05) is 0 Å². The zero-order valence-corrected chi connectivity index (χ0v) is 15.1. The number of rotatable bonds is 3. The van der Waals surface area contributed by atoms with Gasteiger partial charge in [0.1, 0.15) is 0 Å². The van der Waals surface area contributed by atoms with E-state index in [9.17, 15) is 0 Å². The molecule has 0 aliphatic heterocycles. The fraction of sp³-hybridized carbons (Fsp3) is 0.692. The van der Waals surface area contributed by atoms with Crippen LogP contribution in [0.1, 0.15) is 34.6 Å². The second kappa shape index (κ2) is 8.02. The first-order valence-electron chi connectivity index (χ1n) is 5.83. The summed E-state index contributed by atoms with van der Waals surface area (Å²) in [5.74, 6) is 0.711. The molecule has 1 atom stereocenters. The molecule has 0 aromatic rings. The van der Waals surface area contributed by atoms with Crippen LogP contribution >= 0.6 is 0 Å². The average molecular weight is 313 g/mol. The molecule has 0 bridgehead atoms. The first-order valence-corrected chi connectivity index (χ1v) is 8.42. The maximum atomic E-state index is 2.52. The van der Waals surface area contributed by atoms with Gasteiger partial charge in [0.25, 0.3) is 0 Å². The summed E-state index contributed by atoms with van der Waals surface area (Å²) in [5, 5.41) is 0. The second-order valence-electron chi connectivity index (χ2n) is 4.76. The first kappa shape index (κ1) is 20.1. The Balaban J connectivity index is 0. The van der Waals surface area contributed by atoms with E-state index in [-0.39, 0.29) is 24.8 Å². The Labute approximate surface area is 126 Å². The summed E-state index contributed by atoms with van der Waals surface area (Å²) in [6, 6.07) is 0. The van der Waals surface area contributed by atoms with Crippen LogP contribution in [0.25, 0.3) is 0 Å². The molecule has 1 unspecified atom stereocenters. The van der Waals surface area contributed by atoms with Gasteiger partial charge in [0, 0.05) is 0 Å². The van der Waals surface area contributed by atoms with E-state index in [1.54, 1.807) is 20.6 Å². The third-order valence-corrected chi connectivity index (χ3v) is 8.79. The normalized spacial score (nSPS) is 19.4. The number of allylic oxidation sites excluding steroid dienone is 4. The van der Waals surface area contributed by atoms with Crippen molar-refractivity contribution < 1.29 is 42.9 Å². The van der Waals surface area contributed by atoms with Crippen molar-refractivity contribution in [3.8, 4) is 0 Å². The van der Waals surface area contributed by atoms with Crippen molar-refractivity contribution in [2.24, 2.45) is 5.92 Å². The van der Waals surface area contributed by atoms with Gasteiger partial charge in [-0.15, -0.1) is 0 Å². The minimum Gasteiger partial charge on any atom is -1.00 e. The third kappa shape index (κ3) is 3.85. The Hall–Kier alpha value is 0.734. The van der Waals surface area contributed by atoms with Crippen molar-refractivity contribution in [2.45, 2.75) is 39.3 Å². The molecule has 99 valence electrons. The van der Waals surface area contributed by atoms with Crippen molar-refractivity contribution in [3.63, 3.8) is 0 Å². The molecule has 0 radical (unpaired) electrons. The molecule has 0 saturated heterocycles. The van der Waals surface area contributed by atoms with Gasteiger partial charge in [-0.25, -0.2) is 0 Å². The Morgan fingerprint density at radius 3 is 1.76 bits per heavy atom. The van der Waals surface area contributed by atoms with Crippen LogP contribution in [-0.4, -0.2) is 17.5 Å². The van der Waals surface area contributed by atoms with Crippen molar-refractivity contribution in [1.29, 1.82) is 0 Å². The molecule has 0 spiro atoms. The number of halogens is 2. The molecule has 1 rings (SSSR count). The molecule has 0 aromatic heterocycles. The summed E-state index contributed by atoms with van der Waals surface area (Å²) in [4.78, 5) is 0. The molecule has 0 saturated carbocycles. The molecule has 1 aliphatic carbocycles. The summed E-state index contributed by atoms with van der Waals surface area (Å²) in [5.41, 5.74) is 4.76. The minimum absolute atomic E-state index is 0. The maximum absolute atomic E-state index is 2.52. The summed E-state index contributed by atoms with van der Waals surface area (Å²) in [6.07, 6.45) is 0. The van der Waals surface area contributed by atoms with Crippen LogP contribution in [0.5, 0.6) is 0 Å². The predicted molar refractivity (Wildman–Crippen MR) is 64.4 cm³/mol. The fourth-order valence-corrected chi connectivity index (χ4v) is 7.00. The Morgan fingerprint density at radius 2 is 1.53 bits per heavy atom. The first-order chi connectivity index (χ1) is 6.91. The van der Waals surface area contributed by atoms with Gasteiger partial charge in [-0.05, 0) is 0 Å². The largest absolute Gasteiger partial charge is 1.00 e. The molecule has 4 heteroatoms. The second-order valence-corrected chi connectivity index (χ2v) is 9.50. The zero-order valence-electron chi connectivity index (χ0n) is 12.0. The third-order valence-electron chi connectivity index (χ3n) is 3.83. The Kier molecular flexibility index (Phi) is 9.46. The van der Waals surface area contributed by atoms with E-state index in [0.29, 0.717) is 5.92 Å². The monoisotopic (exact) mass is 312 g/mol. The molecule has 0 N–H and O–H groups in total. The standard InChI is InChI=1S/C9H13.C2H6N.C2H5.2ClH.Ti/c1-6-5-7(2)9(4)8(6)3;1-3-2;1-2;;;/h6H,1-4H3;1-2H3;1H2,2H3;2*1H;/q;-1;;;;+3/p-2. The molecule has 0 aromatic carbocycles. The number of hydrogen-bond acceptors (Lipinski definition) is 1. The predicted octanol–water partition coefficient (Wildman–Crippen LogP) is -2.21. The Morgan fingerprint density at radius 1 is 1.06 bits per heavy atom. The van der Waals surface area contributed by atoms with Crippen molar-refractivity contribution in [1.82, 2.24) is 3.38 Å². The van der Waals surface area contributed by atoms with E-state index >= 15 is 0 Å². The van der Waals surface area contributed by atoms with Gasteiger partial charge in [0.2, 0.25) is 0 Å². The van der Waals surface area contributed by atoms with E-state index in [2.05, 4.69) is 52.1 Å². The van der Waals surface area contributed by atoms with E-state index in [0.717, 1.165) is 0 Å². The molecule has 0 fully saturated rings.